The van der Waals surface area contributed by atoms with E-state index in [0.717, 1.165) is 4.90 Å². The third kappa shape index (κ3) is 3.21. The Bertz CT molecular complexity index is 542. The molecule has 1 aromatic heterocycles. The van der Waals surface area contributed by atoms with Crippen molar-refractivity contribution in [3.05, 3.63) is 47.1 Å². The lowest BCUT2D eigenvalue weighted by Crippen LogP contribution is -2.13. The molecule has 1 heterocycles. The topological polar surface area (TPSA) is 54.9 Å². The summed E-state index contributed by atoms with van der Waals surface area (Å²) in [6.07, 6.45) is 1.98. The first-order valence-corrected chi connectivity index (χ1v) is 6.74. The number of amides is 1. The van der Waals surface area contributed by atoms with Crippen LogP contribution in [0.3, 0.4) is 0 Å². The van der Waals surface area contributed by atoms with Crippen LogP contribution in [-0.4, -0.2) is 22.4 Å². The van der Waals surface area contributed by atoms with Crippen LogP contribution in [-0.2, 0) is 0 Å². The zero-order chi connectivity index (χ0) is 13.0. The second kappa shape index (κ2) is 5.84. The van der Waals surface area contributed by atoms with E-state index in [1.807, 2.05) is 18.4 Å². The molecular formula is C12H10ClN3OS. The van der Waals surface area contributed by atoms with Crippen molar-refractivity contribution in [3.8, 4) is 0 Å². The number of rotatable bonds is 3. The first-order valence-electron chi connectivity index (χ1n) is 5.13. The fraction of sp³-hybridized carbons (Fsp3) is 0.0833. The monoisotopic (exact) mass is 279 g/mol. The Balaban J connectivity index is 2.09. The van der Waals surface area contributed by atoms with Crippen molar-refractivity contribution < 1.29 is 4.79 Å². The number of aromatic nitrogens is 2. The fourth-order valence-corrected chi connectivity index (χ4v) is 1.82. The summed E-state index contributed by atoms with van der Waals surface area (Å²) in [4.78, 5) is 13.0. The summed E-state index contributed by atoms with van der Waals surface area (Å²) in [5, 5.41) is 10.3. The summed E-state index contributed by atoms with van der Waals surface area (Å²) in [5.74, 6) is 0.151. The van der Waals surface area contributed by atoms with Gasteiger partial charge in [0.2, 0.25) is 0 Å². The molecule has 0 unspecified atom stereocenters. The van der Waals surface area contributed by atoms with Gasteiger partial charge in [-0.2, -0.15) is 0 Å². The highest BCUT2D eigenvalue weighted by atomic mass is 35.5. The second-order valence-electron chi connectivity index (χ2n) is 3.42. The van der Waals surface area contributed by atoms with Crippen molar-refractivity contribution in [2.45, 2.75) is 4.90 Å². The van der Waals surface area contributed by atoms with Crippen LogP contribution in [0, 0.1) is 0 Å². The molecule has 0 aliphatic rings. The predicted molar refractivity (Wildman–Crippen MR) is 73.2 cm³/mol. The molecule has 0 bridgehead atoms. The Labute approximate surface area is 114 Å². The van der Waals surface area contributed by atoms with Gasteiger partial charge in [-0.05, 0) is 42.7 Å². The van der Waals surface area contributed by atoms with Crippen LogP contribution in [0.1, 0.15) is 10.4 Å². The summed E-state index contributed by atoms with van der Waals surface area (Å²) in [6, 6.07) is 10.5. The fourth-order valence-electron chi connectivity index (χ4n) is 1.31. The molecule has 1 N–H and O–H groups in total. The van der Waals surface area contributed by atoms with Crippen LogP contribution >= 0.6 is 23.4 Å². The van der Waals surface area contributed by atoms with Gasteiger partial charge in [-0.3, -0.25) is 4.79 Å². The zero-order valence-corrected chi connectivity index (χ0v) is 11.1. The van der Waals surface area contributed by atoms with Gasteiger partial charge in [0.1, 0.15) is 0 Å². The minimum atomic E-state index is -0.223. The quantitative estimate of drug-likeness (QED) is 0.877. The molecule has 2 rings (SSSR count). The van der Waals surface area contributed by atoms with E-state index in [-0.39, 0.29) is 11.1 Å². The first-order chi connectivity index (χ1) is 8.69. The van der Waals surface area contributed by atoms with Crippen LogP contribution in [0.25, 0.3) is 0 Å². The molecule has 0 saturated carbocycles. The normalized spacial score (nSPS) is 10.1. The summed E-state index contributed by atoms with van der Waals surface area (Å²) in [7, 11) is 0. The summed E-state index contributed by atoms with van der Waals surface area (Å²) >= 11 is 7.24. The summed E-state index contributed by atoms with van der Waals surface area (Å²) < 4.78 is 0. The number of halogens is 1. The SMILES string of the molecule is CSc1ccc(C(=O)Nc2ccc(Cl)nn2)cc1. The van der Waals surface area contributed by atoms with Crippen molar-refractivity contribution >= 4 is 35.1 Å². The number of carbonyl (C=O) groups is 1. The van der Waals surface area contributed by atoms with Gasteiger partial charge in [0.25, 0.3) is 5.91 Å². The van der Waals surface area contributed by atoms with Gasteiger partial charge in [0.05, 0.1) is 0 Å². The summed E-state index contributed by atoms with van der Waals surface area (Å²) in [6.45, 7) is 0. The number of hydrogen-bond donors (Lipinski definition) is 1. The van der Waals surface area contributed by atoms with Gasteiger partial charge in [-0.15, -0.1) is 22.0 Å². The van der Waals surface area contributed by atoms with Crippen molar-refractivity contribution in [1.82, 2.24) is 10.2 Å². The predicted octanol–water partition coefficient (Wildman–Crippen LogP) is 3.10. The van der Waals surface area contributed by atoms with E-state index >= 15 is 0 Å². The van der Waals surface area contributed by atoms with E-state index in [4.69, 9.17) is 11.6 Å². The molecule has 1 amide bonds. The highest BCUT2D eigenvalue weighted by Crippen LogP contribution is 2.15. The van der Waals surface area contributed by atoms with Crippen LogP contribution in [0.4, 0.5) is 5.82 Å². The van der Waals surface area contributed by atoms with Crippen molar-refractivity contribution in [1.29, 1.82) is 0 Å². The number of anilines is 1. The number of thioether (sulfide) groups is 1. The van der Waals surface area contributed by atoms with Gasteiger partial charge in [-0.1, -0.05) is 11.6 Å². The van der Waals surface area contributed by atoms with Crippen LogP contribution in [0.15, 0.2) is 41.3 Å². The molecule has 6 heteroatoms. The molecular weight excluding hydrogens is 270 g/mol. The maximum absolute atomic E-state index is 11.9. The highest BCUT2D eigenvalue weighted by molar-refractivity contribution is 7.98. The number of carbonyl (C=O) groups excluding carboxylic acids is 1. The number of nitrogens with one attached hydrogen (secondary N) is 1. The van der Waals surface area contributed by atoms with E-state index in [1.54, 1.807) is 36.0 Å². The molecule has 92 valence electrons. The van der Waals surface area contributed by atoms with Crippen molar-refractivity contribution in [2.75, 3.05) is 11.6 Å². The van der Waals surface area contributed by atoms with Gasteiger partial charge in [-0.25, -0.2) is 0 Å². The van der Waals surface area contributed by atoms with E-state index in [2.05, 4.69) is 15.5 Å². The first kappa shape index (κ1) is 12.9. The Morgan fingerprint density at radius 1 is 1.17 bits per heavy atom. The largest absolute Gasteiger partial charge is 0.305 e. The summed E-state index contributed by atoms with van der Waals surface area (Å²) in [5.41, 5.74) is 0.574. The van der Waals surface area contributed by atoms with Crippen molar-refractivity contribution in [3.63, 3.8) is 0 Å². The van der Waals surface area contributed by atoms with E-state index < -0.39 is 0 Å². The molecule has 0 spiro atoms. The molecule has 1 aromatic carbocycles. The molecule has 18 heavy (non-hydrogen) atoms. The number of hydrogen-bond acceptors (Lipinski definition) is 4. The van der Waals surface area contributed by atoms with E-state index in [1.165, 1.54) is 0 Å². The van der Waals surface area contributed by atoms with Gasteiger partial charge in [0.15, 0.2) is 11.0 Å². The maximum Gasteiger partial charge on any atom is 0.256 e. The molecule has 0 saturated heterocycles. The lowest BCUT2D eigenvalue weighted by Gasteiger charge is -2.04. The Morgan fingerprint density at radius 3 is 2.44 bits per heavy atom. The van der Waals surface area contributed by atoms with Crippen LogP contribution < -0.4 is 5.32 Å². The average Bonchev–Trinajstić information content (AvgIpc) is 2.41. The smallest absolute Gasteiger partial charge is 0.256 e. The molecule has 0 aliphatic carbocycles. The molecule has 0 radical (unpaired) electrons. The lowest BCUT2D eigenvalue weighted by molar-refractivity contribution is 0.102. The Hall–Kier alpha value is -1.59. The van der Waals surface area contributed by atoms with Crippen LogP contribution in [0.5, 0.6) is 0 Å². The molecule has 0 fully saturated rings. The number of benzene rings is 1. The van der Waals surface area contributed by atoms with Crippen LogP contribution in [0.2, 0.25) is 5.15 Å². The molecule has 0 atom stereocenters. The lowest BCUT2D eigenvalue weighted by atomic mass is 10.2. The Kier molecular flexibility index (Phi) is 4.17. The minimum absolute atomic E-state index is 0.223. The molecule has 4 nitrogen and oxygen atoms in total. The second-order valence-corrected chi connectivity index (χ2v) is 4.69. The third-order valence-electron chi connectivity index (χ3n) is 2.23. The maximum atomic E-state index is 11.9. The number of nitrogens with zero attached hydrogens (tertiary/aromatic N) is 2. The van der Waals surface area contributed by atoms with E-state index in [0.29, 0.717) is 11.4 Å². The van der Waals surface area contributed by atoms with E-state index in [9.17, 15) is 4.79 Å². The van der Waals surface area contributed by atoms with Gasteiger partial charge < -0.3 is 5.32 Å². The average molecular weight is 280 g/mol. The highest BCUT2D eigenvalue weighted by Gasteiger charge is 2.06. The van der Waals surface area contributed by atoms with Crippen molar-refractivity contribution in [2.24, 2.45) is 0 Å². The third-order valence-corrected chi connectivity index (χ3v) is 3.17. The minimum Gasteiger partial charge on any atom is -0.305 e. The molecule has 0 aliphatic heterocycles. The Morgan fingerprint density at radius 2 is 1.89 bits per heavy atom. The zero-order valence-electron chi connectivity index (χ0n) is 9.55. The standard InChI is InChI=1S/C12H10ClN3OS/c1-18-9-4-2-8(3-5-9)12(17)14-11-7-6-10(13)15-16-11/h2-7H,1H3,(H,14,16,17). The van der Waals surface area contributed by atoms with Gasteiger partial charge in [0, 0.05) is 10.5 Å². The van der Waals surface area contributed by atoms with Gasteiger partial charge >= 0.3 is 0 Å². The molecule has 2 aromatic rings.